The van der Waals surface area contributed by atoms with Gasteiger partial charge in [0.15, 0.2) is 23.0 Å². The van der Waals surface area contributed by atoms with E-state index in [1.54, 1.807) is 14.2 Å². The van der Waals surface area contributed by atoms with Crippen molar-refractivity contribution in [2.24, 2.45) is 0 Å². The fourth-order valence-electron chi connectivity index (χ4n) is 3.60. The van der Waals surface area contributed by atoms with Gasteiger partial charge in [0.05, 0.1) is 20.3 Å². The van der Waals surface area contributed by atoms with Gasteiger partial charge in [0.1, 0.15) is 19.3 Å². The van der Waals surface area contributed by atoms with Crippen molar-refractivity contribution in [3.05, 3.63) is 42.0 Å². The van der Waals surface area contributed by atoms with Gasteiger partial charge >= 0.3 is 0 Å². The zero-order valence-corrected chi connectivity index (χ0v) is 20.8. The Morgan fingerprint density at radius 3 is 2.50 bits per heavy atom. The molecule has 0 saturated carbocycles. The molecule has 2 unspecified atom stereocenters. The number of hydrogen-bond donors (Lipinski definition) is 3. The Morgan fingerprint density at radius 1 is 1.09 bits per heavy atom. The average Bonchev–Trinajstić information content (AvgIpc) is 2.81. The summed E-state index contributed by atoms with van der Waals surface area (Å²) in [4.78, 5) is 0. The third kappa shape index (κ3) is 7.68. The summed E-state index contributed by atoms with van der Waals surface area (Å²) >= 11 is 0. The van der Waals surface area contributed by atoms with Crippen LogP contribution in [-0.4, -0.2) is 69.9 Å². The van der Waals surface area contributed by atoms with E-state index >= 15 is 0 Å². The molecular weight excluding hydrogens is 436 g/mol. The van der Waals surface area contributed by atoms with Crippen molar-refractivity contribution < 1.29 is 28.8 Å². The molecule has 0 aliphatic carbocycles. The zero-order valence-electron chi connectivity index (χ0n) is 20.8. The first kappa shape index (κ1) is 25.9. The number of nitrogens with one attached hydrogen (secondary N) is 2. The highest BCUT2D eigenvalue weighted by molar-refractivity contribution is 5.51. The highest BCUT2D eigenvalue weighted by atomic mass is 16.6. The van der Waals surface area contributed by atoms with Crippen molar-refractivity contribution in [3.8, 4) is 28.7 Å². The molecule has 1 aliphatic rings. The van der Waals surface area contributed by atoms with Crippen LogP contribution in [0.4, 0.5) is 0 Å². The van der Waals surface area contributed by atoms with Crippen molar-refractivity contribution in [1.82, 2.24) is 10.6 Å². The minimum Gasteiger partial charge on any atom is -0.493 e. The van der Waals surface area contributed by atoms with Gasteiger partial charge in [0.25, 0.3) is 0 Å². The highest BCUT2D eigenvalue weighted by Gasteiger charge is 2.22. The molecule has 0 bridgehead atoms. The molecule has 3 N–H and O–H groups in total. The normalized spacial score (nSPS) is 16.1. The van der Waals surface area contributed by atoms with Gasteiger partial charge < -0.3 is 39.4 Å². The zero-order chi connectivity index (χ0) is 24.6. The molecule has 8 heteroatoms. The van der Waals surface area contributed by atoms with Gasteiger partial charge in [0.2, 0.25) is 5.75 Å². The topological polar surface area (TPSA) is 90.4 Å². The maximum atomic E-state index is 10.4. The number of benzene rings is 2. The van der Waals surface area contributed by atoms with Crippen LogP contribution in [0, 0.1) is 0 Å². The number of ether oxygens (including phenoxy) is 5. The number of aliphatic hydroxyl groups is 1. The fraction of sp³-hybridized carbons (Fsp3) is 0.538. The molecule has 0 aromatic heterocycles. The molecule has 1 aliphatic heterocycles. The van der Waals surface area contributed by atoms with E-state index in [9.17, 15) is 5.11 Å². The summed E-state index contributed by atoms with van der Waals surface area (Å²) in [6.45, 7) is 8.95. The second kappa shape index (κ2) is 12.1. The van der Waals surface area contributed by atoms with E-state index in [4.69, 9.17) is 23.7 Å². The van der Waals surface area contributed by atoms with Gasteiger partial charge in [-0.1, -0.05) is 12.1 Å². The lowest BCUT2D eigenvalue weighted by Gasteiger charge is -2.27. The van der Waals surface area contributed by atoms with Crippen LogP contribution in [0.2, 0.25) is 0 Å². The second-order valence-electron chi connectivity index (χ2n) is 9.37. The number of para-hydroxylation sites is 1. The molecule has 2 atom stereocenters. The highest BCUT2D eigenvalue weighted by Crippen LogP contribution is 2.36. The number of rotatable bonds is 12. The van der Waals surface area contributed by atoms with Crippen LogP contribution in [-0.2, 0) is 6.42 Å². The Hall–Kier alpha value is -2.68. The quantitative estimate of drug-likeness (QED) is 0.405. The Kier molecular flexibility index (Phi) is 9.27. The Balaban J connectivity index is 1.44. The maximum absolute atomic E-state index is 10.4. The molecule has 2 aromatic carbocycles. The van der Waals surface area contributed by atoms with Gasteiger partial charge in [-0.3, -0.25) is 0 Å². The largest absolute Gasteiger partial charge is 0.493 e. The van der Waals surface area contributed by atoms with Gasteiger partial charge in [-0.05, 0) is 57.0 Å². The smallest absolute Gasteiger partial charge is 0.203 e. The van der Waals surface area contributed by atoms with Crippen LogP contribution in [0.25, 0.3) is 0 Å². The summed E-state index contributed by atoms with van der Waals surface area (Å²) in [5.41, 5.74) is 0.983. The minimum absolute atomic E-state index is 0.0295. The molecule has 8 nitrogen and oxygen atoms in total. The molecular formula is C26H38N2O6. The van der Waals surface area contributed by atoms with E-state index < -0.39 is 6.10 Å². The maximum Gasteiger partial charge on any atom is 0.203 e. The first-order valence-electron chi connectivity index (χ1n) is 11.7. The molecule has 0 radical (unpaired) electrons. The van der Waals surface area contributed by atoms with E-state index in [0.717, 1.165) is 11.3 Å². The third-order valence-corrected chi connectivity index (χ3v) is 5.35. The van der Waals surface area contributed by atoms with Gasteiger partial charge in [-0.2, -0.15) is 0 Å². The lowest BCUT2D eigenvalue weighted by molar-refractivity contribution is 0.0893. The van der Waals surface area contributed by atoms with Crippen LogP contribution in [0.3, 0.4) is 0 Å². The first-order valence-corrected chi connectivity index (χ1v) is 11.7. The summed E-state index contributed by atoms with van der Waals surface area (Å²) < 4.78 is 28.6. The van der Waals surface area contributed by atoms with Crippen LogP contribution >= 0.6 is 0 Å². The number of methoxy groups -OCH3 is 2. The fourth-order valence-corrected chi connectivity index (χ4v) is 3.60. The lowest BCUT2D eigenvalue weighted by Crippen LogP contribution is -2.41. The molecule has 3 rings (SSSR count). The molecule has 2 aromatic rings. The predicted molar refractivity (Wildman–Crippen MR) is 132 cm³/mol. The molecule has 34 heavy (non-hydrogen) atoms. The van der Waals surface area contributed by atoms with Crippen LogP contribution in [0.1, 0.15) is 26.3 Å². The Morgan fingerprint density at radius 2 is 1.82 bits per heavy atom. The van der Waals surface area contributed by atoms with Gasteiger partial charge in [0, 0.05) is 25.2 Å². The predicted octanol–water partition coefficient (Wildman–Crippen LogP) is 2.80. The van der Waals surface area contributed by atoms with E-state index in [1.165, 1.54) is 0 Å². The van der Waals surface area contributed by atoms with E-state index in [0.29, 0.717) is 62.3 Å². The Bertz CT molecular complexity index is 892. The standard InChI is InChI=1S/C26H38N2O6/c1-26(2,3)28-15-19(29)13-18-9-10-21-24(14-18)34-20(17-33-21)16-27-11-12-32-25-22(30-4)7-6-8-23(25)31-5/h6-10,14,19-20,27-29H,11-13,15-17H2,1-5H3. The summed E-state index contributed by atoms with van der Waals surface area (Å²) in [5, 5.41) is 17.0. The lowest BCUT2D eigenvalue weighted by atomic mass is 10.0. The third-order valence-electron chi connectivity index (χ3n) is 5.35. The molecule has 1 heterocycles. The first-order chi connectivity index (χ1) is 16.3. The van der Waals surface area contributed by atoms with Gasteiger partial charge in [-0.25, -0.2) is 0 Å². The molecule has 188 valence electrons. The average molecular weight is 475 g/mol. The number of aliphatic hydroxyl groups excluding tert-OH is 1. The van der Waals surface area contributed by atoms with E-state index in [-0.39, 0.29) is 11.6 Å². The van der Waals surface area contributed by atoms with E-state index in [2.05, 4.69) is 31.4 Å². The summed E-state index contributed by atoms with van der Waals surface area (Å²) in [5.74, 6) is 3.30. The SMILES string of the molecule is COc1cccc(OC)c1OCCNCC1COc2ccc(CC(O)CNC(C)(C)C)cc2O1. The molecule has 0 spiro atoms. The summed E-state index contributed by atoms with van der Waals surface area (Å²) in [6.07, 6.45) is -0.0380. The summed E-state index contributed by atoms with van der Waals surface area (Å²) in [7, 11) is 3.21. The van der Waals surface area contributed by atoms with Gasteiger partial charge in [-0.15, -0.1) is 0 Å². The van der Waals surface area contributed by atoms with Crippen molar-refractivity contribution in [2.45, 2.75) is 44.9 Å². The van der Waals surface area contributed by atoms with Crippen molar-refractivity contribution in [2.75, 3.05) is 47.1 Å². The summed E-state index contributed by atoms with van der Waals surface area (Å²) in [6, 6.07) is 11.4. The molecule has 0 amide bonds. The number of hydrogen-bond acceptors (Lipinski definition) is 8. The minimum atomic E-state index is -0.471. The Labute approximate surface area is 202 Å². The molecule has 0 saturated heterocycles. The number of β-amino-alcohol motifs (C(OH)–C–C–N with tert-alkyl or cyclic N) is 1. The van der Waals surface area contributed by atoms with Crippen LogP contribution in [0.15, 0.2) is 36.4 Å². The second-order valence-corrected chi connectivity index (χ2v) is 9.37. The van der Waals surface area contributed by atoms with Crippen LogP contribution in [0.5, 0.6) is 28.7 Å². The van der Waals surface area contributed by atoms with E-state index in [1.807, 2.05) is 36.4 Å². The monoisotopic (exact) mass is 474 g/mol. The van der Waals surface area contributed by atoms with Crippen molar-refractivity contribution in [1.29, 1.82) is 0 Å². The van der Waals surface area contributed by atoms with Crippen LogP contribution < -0.4 is 34.3 Å². The van der Waals surface area contributed by atoms with Crippen molar-refractivity contribution >= 4 is 0 Å². The van der Waals surface area contributed by atoms with Crippen molar-refractivity contribution in [3.63, 3.8) is 0 Å². The number of fused-ring (bicyclic) bond motifs is 1. The molecule has 0 fully saturated rings.